The molecule has 0 aliphatic carbocycles. The number of hydrogen-bond acceptors (Lipinski definition) is 1. The molecule has 0 aromatic rings. The van der Waals surface area contributed by atoms with Crippen LogP contribution < -0.4 is 5.32 Å². The molecule has 0 aromatic carbocycles. The summed E-state index contributed by atoms with van der Waals surface area (Å²) < 4.78 is 0. The maximum atomic E-state index is 3.52. The van der Waals surface area contributed by atoms with Crippen molar-refractivity contribution in [1.82, 2.24) is 5.32 Å². The van der Waals surface area contributed by atoms with Gasteiger partial charge in [-0.2, -0.15) is 0 Å². The van der Waals surface area contributed by atoms with Gasteiger partial charge in [-0.15, -0.1) is 0 Å². The number of rotatable bonds is 11. The molecule has 0 fully saturated rings. The fourth-order valence-corrected chi connectivity index (χ4v) is 2.03. The summed E-state index contributed by atoms with van der Waals surface area (Å²) >= 11 is 0. The first-order valence-corrected chi connectivity index (χ1v) is 7.05. The lowest BCUT2D eigenvalue weighted by Gasteiger charge is -2.16. The molecule has 92 valence electrons. The quantitative estimate of drug-likeness (QED) is 0.502. The zero-order valence-corrected chi connectivity index (χ0v) is 11.1. The van der Waals surface area contributed by atoms with E-state index in [1.807, 2.05) is 0 Å². The van der Waals surface area contributed by atoms with Crippen molar-refractivity contribution in [3.8, 4) is 0 Å². The minimum absolute atomic E-state index is 0.981. The second-order valence-corrected chi connectivity index (χ2v) is 4.69. The van der Waals surface area contributed by atoms with Crippen molar-refractivity contribution < 1.29 is 0 Å². The largest absolute Gasteiger partial charge is 0.317 e. The van der Waals surface area contributed by atoms with E-state index in [1.165, 1.54) is 64.5 Å². The highest BCUT2D eigenvalue weighted by Gasteiger charge is 2.06. The molecule has 0 radical (unpaired) electrons. The zero-order valence-electron chi connectivity index (χ0n) is 11.1. The third-order valence-corrected chi connectivity index (χ3v) is 3.09. The predicted octanol–water partition coefficient (Wildman–Crippen LogP) is 4.37. The Morgan fingerprint density at radius 3 is 1.80 bits per heavy atom. The number of unbranched alkanes of at least 4 members (excludes halogenated alkanes) is 2. The molecule has 0 aliphatic rings. The maximum absolute atomic E-state index is 3.52. The van der Waals surface area contributed by atoms with Gasteiger partial charge in [-0.05, 0) is 31.8 Å². The van der Waals surface area contributed by atoms with Gasteiger partial charge in [0.1, 0.15) is 0 Å². The maximum Gasteiger partial charge on any atom is -0.00463 e. The monoisotopic (exact) mass is 213 g/mol. The van der Waals surface area contributed by atoms with Gasteiger partial charge in [0, 0.05) is 0 Å². The third-order valence-electron chi connectivity index (χ3n) is 3.09. The predicted molar refractivity (Wildman–Crippen MR) is 70.3 cm³/mol. The van der Waals surface area contributed by atoms with E-state index in [-0.39, 0.29) is 0 Å². The summed E-state index contributed by atoms with van der Waals surface area (Å²) in [5, 5.41) is 3.52. The number of nitrogens with one attached hydrogen (secondary N) is 1. The molecule has 0 saturated carbocycles. The van der Waals surface area contributed by atoms with Crippen molar-refractivity contribution >= 4 is 0 Å². The van der Waals surface area contributed by atoms with Crippen LogP contribution in [0, 0.1) is 5.92 Å². The summed E-state index contributed by atoms with van der Waals surface area (Å²) in [6.45, 7) is 9.25. The Labute approximate surface area is 97.0 Å². The van der Waals surface area contributed by atoms with Gasteiger partial charge in [0.25, 0.3) is 0 Å². The summed E-state index contributed by atoms with van der Waals surface area (Å²) in [6.07, 6.45) is 11.1. The van der Waals surface area contributed by atoms with Crippen LogP contribution in [0.15, 0.2) is 0 Å². The minimum atomic E-state index is 0.981. The smallest absolute Gasteiger partial charge is 0.00463 e. The van der Waals surface area contributed by atoms with Crippen molar-refractivity contribution in [3.63, 3.8) is 0 Å². The molecule has 1 nitrogen and oxygen atoms in total. The molecule has 1 N–H and O–H groups in total. The zero-order chi connectivity index (χ0) is 11.4. The highest BCUT2D eigenvalue weighted by molar-refractivity contribution is 4.61. The van der Waals surface area contributed by atoms with E-state index in [0.717, 1.165) is 5.92 Å². The van der Waals surface area contributed by atoms with E-state index in [9.17, 15) is 0 Å². The van der Waals surface area contributed by atoms with Crippen LogP contribution in [0.5, 0.6) is 0 Å². The summed E-state index contributed by atoms with van der Waals surface area (Å²) in [4.78, 5) is 0. The van der Waals surface area contributed by atoms with Gasteiger partial charge >= 0.3 is 0 Å². The molecule has 0 spiro atoms. The van der Waals surface area contributed by atoms with Crippen molar-refractivity contribution in [1.29, 1.82) is 0 Å². The van der Waals surface area contributed by atoms with Gasteiger partial charge in [-0.1, -0.05) is 59.3 Å². The highest BCUT2D eigenvalue weighted by Crippen LogP contribution is 2.19. The topological polar surface area (TPSA) is 12.0 Å². The first-order chi connectivity index (χ1) is 7.35. The van der Waals surface area contributed by atoms with Gasteiger partial charge in [0.2, 0.25) is 0 Å². The van der Waals surface area contributed by atoms with Crippen LogP contribution in [-0.2, 0) is 0 Å². The molecule has 15 heavy (non-hydrogen) atoms. The molecule has 0 bridgehead atoms. The second kappa shape index (κ2) is 12.0. The molecule has 0 atom stereocenters. The standard InChI is InChI=1S/C14H31N/c1-4-7-9-14(10-8-5-2)11-13-15-12-6-3/h14-15H,4-13H2,1-3H3. The molecule has 0 unspecified atom stereocenters. The van der Waals surface area contributed by atoms with Crippen LogP contribution >= 0.6 is 0 Å². The summed E-state index contributed by atoms with van der Waals surface area (Å²) in [7, 11) is 0. The Kier molecular flexibility index (Phi) is 12.0. The van der Waals surface area contributed by atoms with Crippen molar-refractivity contribution in [3.05, 3.63) is 0 Å². The van der Waals surface area contributed by atoms with Gasteiger partial charge in [-0.25, -0.2) is 0 Å². The van der Waals surface area contributed by atoms with E-state index in [2.05, 4.69) is 26.1 Å². The van der Waals surface area contributed by atoms with Gasteiger partial charge in [-0.3, -0.25) is 0 Å². The van der Waals surface area contributed by atoms with Gasteiger partial charge in [0.15, 0.2) is 0 Å². The molecule has 1 heteroatoms. The summed E-state index contributed by atoms with van der Waals surface area (Å²) in [5.41, 5.74) is 0. The average Bonchev–Trinajstić information content (AvgIpc) is 2.27. The van der Waals surface area contributed by atoms with Gasteiger partial charge in [0.05, 0.1) is 0 Å². The molecule has 0 rings (SSSR count). The van der Waals surface area contributed by atoms with E-state index < -0.39 is 0 Å². The first kappa shape index (κ1) is 15.0. The van der Waals surface area contributed by atoms with Crippen LogP contribution in [0.4, 0.5) is 0 Å². The fourth-order valence-electron chi connectivity index (χ4n) is 2.03. The van der Waals surface area contributed by atoms with Gasteiger partial charge < -0.3 is 5.32 Å². The summed E-state index contributed by atoms with van der Waals surface area (Å²) in [6, 6.07) is 0. The molecular formula is C14H31N. The Hall–Kier alpha value is -0.0400. The lowest BCUT2D eigenvalue weighted by molar-refractivity contribution is 0.385. The van der Waals surface area contributed by atoms with Crippen molar-refractivity contribution in [2.75, 3.05) is 13.1 Å². The van der Waals surface area contributed by atoms with E-state index >= 15 is 0 Å². The Bertz CT molecular complexity index is 104. The molecule has 0 aromatic heterocycles. The molecular weight excluding hydrogens is 182 g/mol. The fraction of sp³-hybridized carbons (Fsp3) is 1.00. The van der Waals surface area contributed by atoms with E-state index in [0.29, 0.717) is 0 Å². The van der Waals surface area contributed by atoms with Crippen molar-refractivity contribution in [2.45, 2.75) is 72.1 Å². The van der Waals surface area contributed by atoms with E-state index in [4.69, 9.17) is 0 Å². The Balaban J connectivity index is 3.49. The number of hydrogen-bond donors (Lipinski definition) is 1. The van der Waals surface area contributed by atoms with Crippen LogP contribution in [-0.4, -0.2) is 13.1 Å². The SMILES string of the molecule is CCCCC(CCCC)CCNCCC. The molecule has 0 aliphatic heterocycles. The second-order valence-electron chi connectivity index (χ2n) is 4.69. The van der Waals surface area contributed by atoms with Crippen LogP contribution in [0.2, 0.25) is 0 Å². The normalized spacial score (nSPS) is 11.2. The third kappa shape index (κ3) is 10.2. The molecule has 0 amide bonds. The Morgan fingerprint density at radius 1 is 0.733 bits per heavy atom. The van der Waals surface area contributed by atoms with E-state index in [1.54, 1.807) is 0 Å². The minimum Gasteiger partial charge on any atom is -0.317 e. The van der Waals surface area contributed by atoms with Crippen LogP contribution in [0.25, 0.3) is 0 Å². The van der Waals surface area contributed by atoms with Crippen LogP contribution in [0.3, 0.4) is 0 Å². The Morgan fingerprint density at radius 2 is 1.33 bits per heavy atom. The highest BCUT2D eigenvalue weighted by atomic mass is 14.8. The lowest BCUT2D eigenvalue weighted by atomic mass is 9.93. The van der Waals surface area contributed by atoms with Crippen LogP contribution in [0.1, 0.15) is 72.1 Å². The summed E-state index contributed by atoms with van der Waals surface area (Å²) in [5.74, 6) is 0.981. The molecule has 0 saturated heterocycles. The van der Waals surface area contributed by atoms with Crippen molar-refractivity contribution in [2.24, 2.45) is 5.92 Å². The lowest BCUT2D eigenvalue weighted by Crippen LogP contribution is -2.19. The molecule has 0 heterocycles. The first-order valence-electron chi connectivity index (χ1n) is 7.05. The average molecular weight is 213 g/mol.